The van der Waals surface area contributed by atoms with E-state index in [1.165, 1.54) is 12.3 Å². The summed E-state index contributed by atoms with van der Waals surface area (Å²) >= 11 is 0. The van der Waals surface area contributed by atoms with E-state index in [4.69, 9.17) is 10.8 Å². The van der Waals surface area contributed by atoms with Crippen molar-refractivity contribution in [2.75, 3.05) is 6.61 Å². The summed E-state index contributed by atoms with van der Waals surface area (Å²) in [7, 11) is 0. The van der Waals surface area contributed by atoms with Crippen LogP contribution in [0.5, 0.6) is 0 Å². The number of nitrogens with two attached hydrogens (primary N) is 1. The minimum Gasteiger partial charge on any atom is -0.405 e. The molecule has 0 heterocycles. The van der Waals surface area contributed by atoms with Gasteiger partial charge in [-0.15, -0.1) is 0 Å². The standard InChI is InChI=1S/C3H7NO/c4-2-1-3-5/h1-2,5H,3-4H2. The first kappa shape index (κ1) is 4.50. The van der Waals surface area contributed by atoms with Gasteiger partial charge in [0, 0.05) is 0 Å². The highest BCUT2D eigenvalue weighted by Gasteiger charge is 1.52. The van der Waals surface area contributed by atoms with Crippen LogP contribution in [-0.4, -0.2) is 11.7 Å². The smallest absolute Gasteiger partial charge is 0.0629 e. The molecule has 0 fully saturated rings. The minimum absolute atomic E-state index is 0.0382. The molecule has 0 saturated heterocycles. The maximum absolute atomic E-state index is 7.90. The first-order chi connectivity index (χ1) is 2.41. The Morgan fingerprint density at radius 3 is 2.40 bits per heavy atom. The summed E-state index contributed by atoms with van der Waals surface area (Å²) in [6, 6.07) is 0. The Hall–Kier alpha value is -0.500. The Kier molecular flexibility index (Phi) is 3.15. The van der Waals surface area contributed by atoms with Crippen molar-refractivity contribution in [3.63, 3.8) is 0 Å². The summed E-state index contributed by atoms with van der Waals surface area (Å²) in [6.45, 7) is 0.0382. The quantitative estimate of drug-likeness (QED) is 0.437. The molecule has 3 N–H and O–H groups in total. The monoisotopic (exact) mass is 73.1 g/mol. The Morgan fingerprint density at radius 2 is 2.40 bits per heavy atom. The Labute approximate surface area is 30.9 Å². The third kappa shape index (κ3) is 3.50. The van der Waals surface area contributed by atoms with Crippen LogP contribution in [0.4, 0.5) is 0 Å². The number of hydrogen-bond acceptors (Lipinski definition) is 2. The van der Waals surface area contributed by atoms with Gasteiger partial charge in [-0.1, -0.05) is 0 Å². The summed E-state index contributed by atoms with van der Waals surface area (Å²) in [4.78, 5) is 0. The fraction of sp³-hybridized carbons (Fsp3) is 0.333. The van der Waals surface area contributed by atoms with Crippen molar-refractivity contribution in [3.05, 3.63) is 12.3 Å². The average molecular weight is 73.1 g/mol. The third-order valence-electron chi connectivity index (χ3n) is 0.241. The lowest BCUT2D eigenvalue weighted by Crippen LogP contribution is -1.78. The molecule has 2 nitrogen and oxygen atoms in total. The van der Waals surface area contributed by atoms with Gasteiger partial charge in [0.15, 0.2) is 0 Å². The molecule has 30 valence electrons. The predicted octanol–water partition coefficient (Wildman–Crippen LogP) is -0.549. The summed E-state index contributed by atoms with van der Waals surface area (Å²) < 4.78 is 0. The van der Waals surface area contributed by atoms with Crippen LogP contribution >= 0.6 is 0 Å². The van der Waals surface area contributed by atoms with Crippen LogP contribution in [0, 0.1) is 0 Å². The van der Waals surface area contributed by atoms with E-state index < -0.39 is 0 Å². The fourth-order valence-electron chi connectivity index (χ4n) is 0.0609. The largest absolute Gasteiger partial charge is 0.405 e. The van der Waals surface area contributed by atoms with E-state index in [0.29, 0.717) is 0 Å². The van der Waals surface area contributed by atoms with Gasteiger partial charge in [0.2, 0.25) is 0 Å². The lowest BCUT2D eigenvalue weighted by atomic mass is 10.7. The topological polar surface area (TPSA) is 46.2 Å². The second kappa shape index (κ2) is 3.50. The van der Waals surface area contributed by atoms with E-state index in [1.807, 2.05) is 0 Å². The van der Waals surface area contributed by atoms with Gasteiger partial charge >= 0.3 is 0 Å². The van der Waals surface area contributed by atoms with Gasteiger partial charge < -0.3 is 10.8 Å². The normalized spacial score (nSPS) is 9.80. The summed E-state index contributed by atoms with van der Waals surface area (Å²) in [5.74, 6) is 0. The molecular formula is C3H7NO. The molecule has 0 saturated carbocycles. The van der Waals surface area contributed by atoms with Crippen LogP contribution in [0.1, 0.15) is 0 Å². The number of aliphatic hydroxyl groups is 1. The van der Waals surface area contributed by atoms with Crippen LogP contribution in [0.2, 0.25) is 0 Å². The third-order valence-corrected chi connectivity index (χ3v) is 0.241. The molecule has 0 aliphatic heterocycles. The van der Waals surface area contributed by atoms with Crippen molar-refractivity contribution >= 4 is 0 Å². The number of rotatable bonds is 1. The van der Waals surface area contributed by atoms with Crippen molar-refractivity contribution in [3.8, 4) is 0 Å². The molecule has 0 bridgehead atoms. The lowest BCUT2D eigenvalue weighted by molar-refractivity contribution is 0.342. The van der Waals surface area contributed by atoms with Gasteiger partial charge in [-0.25, -0.2) is 0 Å². The Balaban J connectivity index is 2.62. The van der Waals surface area contributed by atoms with Crippen molar-refractivity contribution in [1.29, 1.82) is 0 Å². The first-order valence-corrected chi connectivity index (χ1v) is 1.39. The second-order valence-electron chi connectivity index (χ2n) is 0.611. The Morgan fingerprint density at radius 1 is 1.80 bits per heavy atom. The van der Waals surface area contributed by atoms with Crippen LogP contribution in [0.25, 0.3) is 0 Å². The molecule has 0 amide bonds. The summed E-state index contributed by atoms with van der Waals surface area (Å²) in [6.07, 6.45) is 2.76. The van der Waals surface area contributed by atoms with E-state index in [0.717, 1.165) is 0 Å². The molecule has 0 spiro atoms. The second-order valence-corrected chi connectivity index (χ2v) is 0.611. The first-order valence-electron chi connectivity index (χ1n) is 1.39. The van der Waals surface area contributed by atoms with Crippen molar-refractivity contribution in [2.24, 2.45) is 5.73 Å². The van der Waals surface area contributed by atoms with Crippen molar-refractivity contribution < 1.29 is 5.11 Å². The Bertz CT molecular complexity index is 33.9. The molecule has 0 rings (SSSR count). The zero-order valence-electron chi connectivity index (χ0n) is 2.89. The van der Waals surface area contributed by atoms with E-state index >= 15 is 0 Å². The van der Waals surface area contributed by atoms with Gasteiger partial charge in [-0.3, -0.25) is 0 Å². The highest BCUT2D eigenvalue weighted by molar-refractivity contribution is 4.72. The highest BCUT2D eigenvalue weighted by atomic mass is 16.2. The van der Waals surface area contributed by atoms with Gasteiger partial charge in [0.25, 0.3) is 0 Å². The summed E-state index contributed by atoms with van der Waals surface area (Å²) in [5, 5.41) is 7.90. The summed E-state index contributed by atoms with van der Waals surface area (Å²) in [5.41, 5.74) is 4.80. The van der Waals surface area contributed by atoms with E-state index in [2.05, 4.69) is 0 Å². The predicted molar refractivity (Wildman–Crippen MR) is 20.4 cm³/mol. The lowest BCUT2D eigenvalue weighted by Gasteiger charge is -1.67. The number of aliphatic hydroxyl groups excluding tert-OH is 1. The maximum atomic E-state index is 7.90. The van der Waals surface area contributed by atoms with Crippen LogP contribution in [-0.2, 0) is 0 Å². The van der Waals surface area contributed by atoms with Gasteiger partial charge in [-0.05, 0) is 12.3 Å². The minimum atomic E-state index is 0.0382. The molecule has 0 atom stereocenters. The number of hydrogen-bond donors (Lipinski definition) is 2. The molecule has 0 aliphatic carbocycles. The van der Waals surface area contributed by atoms with E-state index in [1.54, 1.807) is 0 Å². The zero-order chi connectivity index (χ0) is 4.12. The van der Waals surface area contributed by atoms with Crippen LogP contribution in [0.15, 0.2) is 12.3 Å². The average Bonchev–Trinajstić information content (AvgIpc) is 1.41. The molecule has 5 heavy (non-hydrogen) atoms. The van der Waals surface area contributed by atoms with Crippen LogP contribution in [0.3, 0.4) is 0 Å². The molecular weight excluding hydrogens is 66.0 g/mol. The molecule has 2 heteroatoms. The molecule has 0 radical (unpaired) electrons. The van der Waals surface area contributed by atoms with Crippen molar-refractivity contribution in [2.45, 2.75) is 0 Å². The molecule has 0 unspecified atom stereocenters. The maximum Gasteiger partial charge on any atom is 0.0629 e. The van der Waals surface area contributed by atoms with E-state index in [-0.39, 0.29) is 6.61 Å². The van der Waals surface area contributed by atoms with Gasteiger partial charge in [0.05, 0.1) is 6.61 Å². The fourth-order valence-corrected chi connectivity index (χ4v) is 0.0609. The van der Waals surface area contributed by atoms with Crippen molar-refractivity contribution in [1.82, 2.24) is 0 Å². The molecule has 0 aromatic rings. The SMILES string of the molecule is NC=CCO. The highest BCUT2D eigenvalue weighted by Crippen LogP contribution is 1.52. The van der Waals surface area contributed by atoms with Crippen LogP contribution < -0.4 is 5.73 Å². The van der Waals surface area contributed by atoms with Gasteiger partial charge in [-0.2, -0.15) is 0 Å². The van der Waals surface area contributed by atoms with E-state index in [9.17, 15) is 0 Å². The van der Waals surface area contributed by atoms with Gasteiger partial charge in [0.1, 0.15) is 0 Å². The molecule has 0 aromatic carbocycles. The molecule has 0 aromatic heterocycles. The molecule has 0 aliphatic rings. The zero-order valence-corrected chi connectivity index (χ0v) is 2.89.